The average Bonchev–Trinajstić information content (AvgIpc) is 2.77. The Balaban J connectivity index is 1.90. The second-order valence-corrected chi connectivity index (χ2v) is 6.32. The van der Waals surface area contributed by atoms with Gasteiger partial charge in [-0.3, -0.25) is 15.2 Å². The molecule has 0 unspecified atom stereocenters. The number of nitrogens with one attached hydrogen (secondary N) is 2. The van der Waals surface area contributed by atoms with Crippen molar-refractivity contribution in [2.24, 2.45) is 16.5 Å². The average molecular weight is 399 g/mol. The fourth-order valence-corrected chi connectivity index (χ4v) is 2.51. The summed E-state index contributed by atoms with van der Waals surface area (Å²) in [7, 11) is 0. The Labute approximate surface area is 174 Å². The number of rotatable bonds is 8. The van der Waals surface area contributed by atoms with Crippen molar-refractivity contribution in [1.82, 2.24) is 5.32 Å². The van der Waals surface area contributed by atoms with E-state index in [4.69, 9.17) is 27.4 Å². The van der Waals surface area contributed by atoms with Crippen LogP contribution >= 0.6 is 0 Å². The van der Waals surface area contributed by atoms with Crippen molar-refractivity contribution >= 4 is 18.0 Å². The van der Waals surface area contributed by atoms with E-state index in [-0.39, 0.29) is 17.3 Å². The van der Waals surface area contributed by atoms with E-state index in [1.807, 2.05) is 12.1 Å². The van der Waals surface area contributed by atoms with Crippen LogP contribution in [-0.2, 0) is 17.9 Å². The van der Waals surface area contributed by atoms with Crippen molar-refractivity contribution in [1.29, 1.82) is 15.9 Å². The predicted molar refractivity (Wildman–Crippen MR) is 114 cm³/mol. The molecule has 8 heteroatoms. The maximum atomic E-state index is 12.3. The minimum Gasteiger partial charge on any atom is -0.404 e. The van der Waals surface area contributed by atoms with Gasteiger partial charge in [0.1, 0.15) is 5.84 Å². The van der Waals surface area contributed by atoms with Crippen LogP contribution in [0.15, 0.2) is 65.3 Å². The maximum absolute atomic E-state index is 12.3. The van der Waals surface area contributed by atoms with Crippen LogP contribution in [0.5, 0.6) is 0 Å². The van der Waals surface area contributed by atoms with Crippen LogP contribution < -0.4 is 16.8 Å². The van der Waals surface area contributed by atoms with E-state index in [0.29, 0.717) is 24.2 Å². The zero-order valence-electron chi connectivity index (χ0n) is 16.2. The molecule has 0 spiro atoms. The summed E-state index contributed by atoms with van der Waals surface area (Å²) in [6, 6.07) is 17.8. The molecule has 0 aliphatic heterocycles. The second-order valence-electron chi connectivity index (χ2n) is 6.32. The Bertz CT molecular complexity index is 1020. The van der Waals surface area contributed by atoms with Crippen LogP contribution in [0.3, 0.4) is 0 Å². The fraction of sp³-hybridized carbons (Fsp3) is 0.136. The normalized spacial score (nSPS) is 11.1. The first-order chi connectivity index (χ1) is 14.5. The SMILES string of the molecule is N#CC(C#N)c1ccc(CN=C/C(=C\N)C(=O)NCc2ccc(C(=N)N)cc2)cc1. The Morgan fingerprint density at radius 2 is 1.70 bits per heavy atom. The van der Waals surface area contributed by atoms with Crippen LogP contribution in [-0.4, -0.2) is 18.0 Å². The highest BCUT2D eigenvalue weighted by Crippen LogP contribution is 2.15. The molecule has 0 saturated carbocycles. The molecule has 8 nitrogen and oxygen atoms in total. The number of nitrogens with zero attached hydrogens (tertiary/aromatic N) is 3. The van der Waals surface area contributed by atoms with Gasteiger partial charge in [0, 0.05) is 24.5 Å². The van der Waals surface area contributed by atoms with E-state index in [1.165, 1.54) is 12.4 Å². The molecular weight excluding hydrogens is 378 g/mol. The molecule has 30 heavy (non-hydrogen) atoms. The van der Waals surface area contributed by atoms with Gasteiger partial charge in [0.2, 0.25) is 0 Å². The lowest BCUT2D eigenvalue weighted by atomic mass is 10.0. The number of carbonyl (C=O) groups excluding carboxylic acids is 1. The van der Waals surface area contributed by atoms with Gasteiger partial charge in [0.25, 0.3) is 5.91 Å². The lowest BCUT2D eigenvalue weighted by Crippen LogP contribution is -2.25. The summed E-state index contributed by atoms with van der Waals surface area (Å²) < 4.78 is 0. The van der Waals surface area contributed by atoms with Gasteiger partial charge in [0.05, 0.1) is 24.3 Å². The Morgan fingerprint density at radius 3 is 2.23 bits per heavy atom. The van der Waals surface area contributed by atoms with Crippen LogP contribution in [0.2, 0.25) is 0 Å². The summed E-state index contributed by atoms with van der Waals surface area (Å²) in [6.45, 7) is 0.615. The highest BCUT2D eigenvalue weighted by atomic mass is 16.1. The first kappa shape index (κ1) is 21.9. The van der Waals surface area contributed by atoms with Gasteiger partial charge in [0.15, 0.2) is 5.92 Å². The third-order valence-electron chi connectivity index (χ3n) is 4.24. The highest BCUT2D eigenvalue weighted by Gasteiger charge is 2.09. The number of nitrogens with two attached hydrogens (primary N) is 2. The maximum Gasteiger partial charge on any atom is 0.254 e. The van der Waals surface area contributed by atoms with Crippen LogP contribution in [0, 0.1) is 28.1 Å². The zero-order chi connectivity index (χ0) is 21.9. The Morgan fingerprint density at radius 1 is 1.10 bits per heavy atom. The molecule has 0 heterocycles. The van der Waals surface area contributed by atoms with Crippen molar-refractivity contribution in [2.45, 2.75) is 19.0 Å². The summed E-state index contributed by atoms with van der Waals surface area (Å²) in [4.78, 5) is 16.5. The van der Waals surface area contributed by atoms with E-state index in [2.05, 4.69) is 10.3 Å². The molecule has 6 N–H and O–H groups in total. The summed E-state index contributed by atoms with van der Waals surface area (Å²) >= 11 is 0. The summed E-state index contributed by atoms with van der Waals surface area (Å²) in [6.07, 6.45) is 2.58. The van der Waals surface area contributed by atoms with Crippen molar-refractivity contribution in [3.05, 3.63) is 82.6 Å². The number of amidine groups is 1. The monoisotopic (exact) mass is 399 g/mol. The van der Waals surface area contributed by atoms with Gasteiger partial charge < -0.3 is 16.8 Å². The smallest absolute Gasteiger partial charge is 0.254 e. The third kappa shape index (κ3) is 6.04. The predicted octanol–water partition coefficient (Wildman–Crippen LogP) is 1.83. The van der Waals surface area contributed by atoms with Gasteiger partial charge in [-0.15, -0.1) is 0 Å². The fourth-order valence-electron chi connectivity index (χ4n) is 2.51. The molecule has 0 atom stereocenters. The Hall–Kier alpha value is -4.43. The molecular formula is C22H21N7O. The van der Waals surface area contributed by atoms with Crippen LogP contribution in [0.1, 0.15) is 28.2 Å². The van der Waals surface area contributed by atoms with E-state index < -0.39 is 5.92 Å². The summed E-state index contributed by atoms with van der Waals surface area (Å²) in [5, 5.41) is 28.0. The molecule has 2 aromatic rings. The number of hydrogen-bond donors (Lipinski definition) is 4. The van der Waals surface area contributed by atoms with Gasteiger partial charge in [-0.05, 0) is 16.7 Å². The minimum atomic E-state index is -0.795. The molecule has 150 valence electrons. The minimum absolute atomic E-state index is 0.0141. The number of nitrogen functional groups attached to an aromatic ring is 1. The first-order valence-corrected chi connectivity index (χ1v) is 8.99. The van der Waals surface area contributed by atoms with Crippen LogP contribution in [0.4, 0.5) is 0 Å². The molecule has 0 aliphatic rings. The molecule has 0 fully saturated rings. The number of nitriles is 2. The van der Waals surface area contributed by atoms with Gasteiger partial charge in [-0.25, -0.2) is 0 Å². The van der Waals surface area contributed by atoms with Crippen molar-refractivity contribution in [2.75, 3.05) is 0 Å². The van der Waals surface area contributed by atoms with Crippen LogP contribution in [0.25, 0.3) is 0 Å². The van der Waals surface area contributed by atoms with E-state index in [0.717, 1.165) is 11.1 Å². The summed E-state index contributed by atoms with van der Waals surface area (Å²) in [5.74, 6) is -1.17. The highest BCUT2D eigenvalue weighted by molar-refractivity contribution is 6.12. The molecule has 1 amide bonds. The molecule has 0 bridgehead atoms. The molecule has 0 saturated heterocycles. The molecule has 0 aromatic heterocycles. The largest absolute Gasteiger partial charge is 0.404 e. The number of carbonyl (C=O) groups is 1. The quantitative estimate of drug-likeness (QED) is 0.301. The van der Waals surface area contributed by atoms with E-state index in [9.17, 15) is 4.79 Å². The lowest BCUT2D eigenvalue weighted by molar-refractivity contribution is -0.117. The standard InChI is InChI=1S/C22H21N7O/c23-9-19(10-24)17-5-1-15(2-6-17)12-28-14-20(11-25)22(30)29-13-16-3-7-18(8-4-16)21(26)27/h1-8,11,14,19H,12-13,25H2,(H3,26,27)(H,29,30)/b20-11+,28-14?. The van der Waals surface area contributed by atoms with Crippen molar-refractivity contribution in [3.8, 4) is 12.1 Å². The number of benzene rings is 2. The van der Waals surface area contributed by atoms with E-state index in [1.54, 1.807) is 48.5 Å². The third-order valence-corrected chi connectivity index (χ3v) is 4.24. The molecule has 0 radical (unpaired) electrons. The summed E-state index contributed by atoms with van der Waals surface area (Å²) in [5.41, 5.74) is 14.2. The van der Waals surface area contributed by atoms with Gasteiger partial charge >= 0.3 is 0 Å². The number of hydrogen-bond acceptors (Lipinski definition) is 6. The Kier molecular flexibility index (Phi) is 7.86. The lowest BCUT2D eigenvalue weighted by Gasteiger charge is -2.06. The van der Waals surface area contributed by atoms with Crippen molar-refractivity contribution in [3.63, 3.8) is 0 Å². The topological polar surface area (TPSA) is 165 Å². The second kappa shape index (κ2) is 10.8. The zero-order valence-corrected chi connectivity index (χ0v) is 16.2. The van der Waals surface area contributed by atoms with Crippen molar-refractivity contribution < 1.29 is 4.79 Å². The molecule has 0 aliphatic carbocycles. The van der Waals surface area contributed by atoms with Gasteiger partial charge in [-0.1, -0.05) is 48.5 Å². The molecule has 2 rings (SSSR count). The molecule has 2 aromatic carbocycles. The van der Waals surface area contributed by atoms with Gasteiger partial charge in [-0.2, -0.15) is 10.5 Å². The first-order valence-electron chi connectivity index (χ1n) is 8.99. The number of aliphatic imine (C=N–C) groups is 1. The number of amides is 1. The van der Waals surface area contributed by atoms with E-state index >= 15 is 0 Å².